The van der Waals surface area contributed by atoms with Crippen LogP contribution in [-0.2, 0) is 28.1 Å². The maximum Gasteiger partial charge on any atom is 0.298 e. The lowest BCUT2D eigenvalue weighted by atomic mass is 9.81. The van der Waals surface area contributed by atoms with Gasteiger partial charge in [-0.1, -0.05) is 12.1 Å². The Morgan fingerprint density at radius 1 is 1.29 bits per heavy atom. The lowest BCUT2D eigenvalue weighted by Crippen LogP contribution is -2.46. The topological polar surface area (TPSA) is 110 Å². The normalized spacial score (nSPS) is 18.0. The van der Waals surface area contributed by atoms with Gasteiger partial charge in [-0.2, -0.15) is 13.9 Å². The Morgan fingerprint density at radius 2 is 1.98 bits per heavy atom. The number of amides is 1. The zero-order chi connectivity index (χ0) is 29.7. The van der Waals surface area contributed by atoms with Crippen LogP contribution < -0.4 is 10.9 Å². The van der Waals surface area contributed by atoms with Gasteiger partial charge in [-0.05, 0) is 44.7 Å². The first-order valence-corrected chi connectivity index (χ1v) is 13.7. The molecule has 1 saturated heterocycles. The molecule has 41 heavy (non-hydrogen) atoms. The minimum Gasteiger partial charge on any atom is -0.390 e. The van der Waals surface area contributed by atoms with E-state index in [1.54, 1.807) is 18.9 Å². The highest BCUT2D eigenvalue weighted by atomic mass is 19.3. The highest BCUT2D eigenvalue weighted by Gasteiger charge is 2.42. The van der Waals surface area contributed by atoms with Gasteiger partial charge in [0.15, 0.2) is 5.82 Å². The number of aromatic nitrogens is 3. The number of carbonyl (C=O) groups is 1. The van der Waals surface area contributed by atoms with E-state index in [0.29, 0.717) is 31.3 Å². The van der Waals surface area contributed by atoms with Crippen LogP contribution in [0.3, 0.4) is 0 Å². The number of anilines is 1. The Bertz CT molecular complexity index is 1550. The standard InChI is InChI=1S/C29H34F3N5O4/c1-16(19-6-5-7-21(23(19)30)29(31,32)15-38)33-26-20-14-22(28(41-4)10-12-37(13-11-28)17(2)39)24(18-8-9-18)34-25(20)27(40)36(3)35-26/h5-7,14,16,18,38H,8-13,15H2,1-4H3,(H,33,35)/t16-/m1/s1. The second-order valence-electron chi connectivity index (χ2n) is 11.0. The molecule has 220 valence electrons. The Morgan fingerprint density at radius 3 is 2.56 bits per heavy atom. The lowest BCUT2D eigenvalue weighted by molar-refractivity contribution is -0.135. The van der Waals surface area contributed by atoms with Crippen molar-refractivity contribution in [3.63, 3.8) is 0 Å². The summed E-state index contributed by atoms with van der Waals surface area (Å²) in [5, 5.41) is 17.0. The van der Waals surface area contributed by atoms with Crippen LogP contribution in [0.2, 0.25) is 0 Å². The van der Waals surface area contributed by atoms with Gasteiger partial charge in [-0.15, -0.1) is 0 Å². The number of pyridine rings is 1. The zero-order valence-corrected chi connectivity index (χ0v) is 23.5. The van der Waals surface area contributed by atoms with E-state index in [4.69, 9.17) is 14.8 Å². The fourth-order valence-electron chi connectivity index (χ4n) is 5.71. The second-order valence-corrected chi connectivity index (χ2v) is 11.0. The fourth-order valence-corrected chi connectivity index (χ4v) is 5.71. The van der Waals surface area contributed by atoms with Gasteiger partial charge in [0.1, 0.15) is 17.9 Å². The van der Waals surface area contributed by atoms with Gasteiger partial charge in [0.2, 0.25) is 5.91 Å². The molecule has 1 saturated carbocycles. The van der Waals surface area contributed by atoms with Crippen LogP contribution in [-0.4, -0.2) is 57.5 Å². The number of fused-ring (bicyclic) bond motifs is 1. The summed E-state index contributed by atoms with van der Waals surface area (Å²) in [6, 6.07) is 4.65. The molecule has 5 rings (SSSR count). The van der Waals surface area contributed by atoms with E-state index in [9.17, 15) is 18.4 Å². The largest absolute Gasteiger partial charge is 0.390 e. The summed E-state index contributed by atoms with van der Waals surface area (Å²) in [4.78, 5) is 31.8. The first kappa shape index (κ1) is 29.0. The van der Waals surface area contributed by atoms with Crippen molar-refractivity contribution in [2.75, 3.05) is 32.1 Å². The lowest BCUT2D eigenvalue weighted by Gasteiger charge is -2.41. The van der Waals surface area contributed by atoms with Gasteiger partial charge in [0.05, 0.1) is 28.3 Å². The predicted octanol–water partition coefficient (Wildman–Crippen LogP) is 4.09. The third-order valence-electron chi connectivity index (χ3n) is 8.36. The number of hydrogen-bond acceptors (Lipinski definition) is 7. The molecule has 1 aromatic carbocycles. The van der Waals surface area contributed by atoms with E-state index in [0.717, 1.165) is 34.8 Å². The highest BCUT2D eigenvalue weighted by molar-refractivity contribution is 5.89. The number of nitrogens with one attached hydrogen (secondary N) is 1. The number of benzene rings is 1. The summed E-state index contributed by atoms with van der Waals surface area (Å²) in [6.45, 7) is 2.63. The molecule has 2 aromatic heterocycles. The van der Waals surface area contributed by atoms with Crippen molar-refractivity contribution in [3.05, 3.63) is 62.8 Å². The maximum absolute atomic E-state index is 15.2. The number of methoxy groups -OCH3 is 1. The molecule has 2 fully saturated rings. The van der Waals surface area contributed by atoms with E-state index in [2.05, 4.69) is 10.4 Å². The molecule has 0 radical (unpaired) electrons. The van der Waals surface area contributed by atoms with Crippen LogP contribution >= 0.6 is 0 Å². The van der Waals surface area contributed by atoms with Crippen molar-refractivity contribution < 1.29 is 27.8 Å². The summed E-state index contributed by atoms with van der Waals surface area (Å²) in [7, 11) is 3.12. The zero-order valence-electron chi connectivity index (χ0n) is 23.5. The minimum absolute atomic E-state index is 0.00465. The molecule has 9 nitrogen and oxygen atoms in total. The molecule has 1 aliphatic heterocycles. The summed E-state index contributed by atoms with van der Waals surface area (Å²) < 4.78 is 50.9. The Hall–Kier alpha value is -3.51. The number of nitrogens with zero attached hydrogens (tertiary/aromatic N) is 4. The van der Waals surface area contributed by atoms with E-state index < -0.39 is 41.1 Å². The van der Waals surface area contributed by atoms with Crippen molar-refractivity contribution >= 4 is 22.6 Å². The van der Waals surface area contributed by atoms with Gasteiger partial charge in [0.25, 0.3) is 11.5 Å². The third kappa shape index (κ3) is 5.19. The van der Waals surface area contributed by atoms with Crippen molar-refractivity contribution in [3.8, 4) is 0 Å². The number of aryl methyl sites for hydroxylation is 1. The first-order chi connectivity index (χ1) is 19.4. The van der Waals surface area contributed by atoms with Gasteiger partial charge in [-0.25, -0.2) is 14.1 Å². The highest BCUT2D eigenvalue weighted by Crippen LogP contribution is 2.47. The van der Waals surface area contributed by atoms with E-state index in [1.807, 2.05) is 6.07 Å². The minimum atomic E-state index is -3.74. The van der Waals surface area contributed by atoms with Gasteiger partial charge in [-0.3, -0.25) is 9.59 Å². The average molecular weight is 574 g/mol. The molecule has 2 aliphatic rings. The molecule has 3 heterocycles. The fraction of sp³-hybridized carbons (Fsp3) is 0.517. The Kier molecular flexibility index (Phi) is 7.58. The van der Waals surface area contributed by atoms with Crippen LogP contribution in [0.4, 0.5) is 19.0 Å². The van der Waals surface area contributed by atoms with Crippen LogP contribution in [0, 0.1) is 5.82 Å². The van der Waals surface area contributed by atoms with Gasteiger partial charge < -0.3 is 20.1 Å². The number of ether oxygens (including phenoxy) is 1. The van der Waals surface area contributed by atoms with Crippen LogP contribution in [0.1, 0.15) is 73.9 Å². The monoisotopic (exact) mass is 573 g/mol. The molecule has 2 N–H and O–H groups in total. The maximum atomic E-state index is 15.2. The number of alkyl halides is 2. The molecular formula is C29H34F3N5O4. The number of halogens is 3. The average Bonchev–Trinajstić information content (AvgIpc) is 3.80. The van der Waals surface area contributed by atoms with Crippen LogP contribution in [0.5, 0.6) is 0 Å². The number of rotatable bonds is 8. The Balaban J connectivity index is 1.61. The number of hydrogen-bond donors (Lipinski definition) is 2. The van der Waals surface area contributed by atoms with Crippen molar-refractivity contribution in [1.82, 2.24) is 19.7 Å². The predicted molar refractivity (Wildman–Crippen MR) is 146 cm³/mol. The van der Waals surface area contributed by atoms with E-state index in [1.165, 1.54) is 26.1 Å². The summed E-state index contributed by atoms with van der Waals surface area (Å²) in [5.41, 5.74) is -0.265. The number of aliphatic hydroxyl groups excluding tert-OH is 1. The smallest absolute Gasteiger partial charge is 0.298 e. The second kappa shape index (κ2) is 10.7. The van der Waals surface area contributed by atoms with Gasteiger partial charge >= 0.3 is 0 Å². The Labute approximate surface area is 235 Å². The van der Waals surface area contributed by atoms with Crippen molar-refractivity contribution in [1.29, 1.82) is 0 Å². The molecule has 1 atom stereocenters. The summed E-state index contributed by atoms with van der Waals surface area (Å²) in [5.74, 6) is -4.46. The third-order valence-corrected chi connectivity index (χ3v) is 8.36. The molecule has 1 aliphatic carbocycles. The van der Waals surface area contributed by atoms with Crippen molar-refractivity contribution in [2.45, 2.75) is 63.0 Å². The summed E-state index contributed by atoms with van der Waals surface area (Å²) >= 11 is 0. The first-order valence-electron chi connectivity index (χ1n) is 13.7. The molecule has 3 aromatic rings. The molecule has 0 spiro atoms. The molecular weight excluding hydrogens is 539 g/mol. The number of piperidine rings is 1. The SMILES string of the molecule is COC1(c2cc3c(N[C@H](C)c4cccc(C(F)(F)CO)c4F)nn(C)c(=O)c3nc2C2CC2)CCN(C(C)=O)CC1. The summed E-state index contributed by atoms with van der Waals surface area (Å²) in [6.07, 6.45) is 2.97. The number of aliphatic hydroxyl groups is 1. The van der Waals surface area contributed by atoms with Crippen LogP contribution in [0.25, 0.3) is 10.9 Å². The molecule has 0 unspecified atom stereocenters. The van der Waals surface area contributed by atoms with Crippen LogP contribution in [0.15, 0.2) is 29.1 Å². The van der Waals surface area contributed by atoms with E-state index in [-0.39, 0.29) is 28.7 Å². The number of carbonyl (C=O) groups excluding carboxylic acids is 1. The quantitative estimate of drug-likeness (QED) is 0.418. The van der Waals surface area contributed by atoms with Gasteiger partial charge in [0, 0.05) is 51.2 Å². The van der Waals surface area contributed by atoms with E-state index >= 15 is 4.39 Å². The molecule has 0 bridgehead atoms. The number of likely N-dealkylation sites (tertiary alicyclic amines) is 1. The van der Waals surface area contributed by atoms with Crippen molar-refractivity contribution in [2.24, 2.45) is 7.05 Å². The molecule has 1 amide bonds. The molecule has 12 heteroatoms.